The molecule has 3 N–H and O–H groups in total. The summed E-state index contributed by atoms with van der Waals surface area (Å²) in [6, 6.07) is 8.14. The van der Waals surface area contributed by atoms with E-state index in [2.05, 4.69) is 16.1 Å². The summed E-state index contributed by atoms with van der Waals surface area (Å²) in [7, 11) is 3.96. The van der Waals surface area contributed by atoms with Gasteiger partial charge in [0.1, 0.15) is 11.7 Å². The molecule has 22 heavy (non-hydrogen) atoms. The van der Waals surface area contributed by atoms with Gasteiger partial charge in [0.15, 0.2) is 0 Å². The van der Waals surface area contributed by atoms with Gasteiger partial charge in [0.05, 0.1) is 6.54 Å². The maximum Gasteiger partial charge on any atom is 0.314 e. The van der Waals surface area contributed by atoms with E-state index < -0.39 is 11.9 Å². The number of hydrogen-bond donors (Lipinski definition) is 2. The topological polar surface area (TPSA) is 97.3 Å². The van der Waals surface area contributed by atoms with E-state index in [0.29, 0.717) is 18.8 Å². The third-order valence-electron chi connectivity index (χ3n) is 4.10. The Bertz CT molecular complexity index is 710. The van der Waals surface area contributed by atoms with Crippen LogP contribution in [0.3, 0.4) is 0 Å². The van der Waals surface area contributed by atoms with E-state index in [-0.39, 0.29) is 11.9 Å². The van der Waals surface area contributed by atoms with Gasteiger partial charge in [0, 0.05) is 25.7 Å². The van der Waals surface area contributed by atoms with Crippen molar-refractivity contribution in [3.8, 4) is 0 Å². The highest BCUT2D eigenvalue weighted by Gasteiger charge is 2.35. The zero-order valence-corrected chi connectivity index (χ0v) is 12.6. The van der Waals surface area contributed by atoms with Gasteiger partial charge in [-0.1, -0.05) is 12.1 Å². The molecule has 116 valence electrons. The first-order chi connectivity index (χ1) is 10.5. The molecule has 2 atom stereocenters. The standard InChI is InChI=1S/C15H19N5O2/c1-19(2)11-5-3-4-9(6-11)10-7-12(14(21)22)13-17-15(16)18-20(13)8-10/h3-6,10,12H,7-8H2,1-2H3,(H2,16,18)(H,21,22). The minimum absolute atomic E-state index is 0.0783. The Balaban J connectivity index is 1.97. The molecule has 1 aromatic carbocycles. The lowest BCUT2D eigenvalue weighted by atomic mass is 9.85. The largest absolute Gasteiger partial charge is 0.481 e. The van der Waals surface area contributed by atoms with Crippen molar-refractivity contribution in [3.05, 3.63) is 35.7 Å². The summed E-state index contributed by atoms with van der Waals surface area (Å²) in [4.78, 5) is 17.6. The lowest BCUT2D eigenvalue weighted by Gasteiger charge is -2.27. The third kappa shape index (κ3) is 2.49. The number of hydrogen-bond acceptors (Lipinski definition) is 5. The number of carboxylic acids is 1. The van der Waals surface area contributed by atoms with Crippen molar-refractivity contribution in [2.75, 3.05) is 24.7 Å². The summed E-state index contributed by atoms with van der Waals surface area (Å²) in [6.07, 6.45) is 0.504. The predicted molar refractivity (Wildman–Crippen MR) is 82.9 cm³/mol. The van der Waals surface area contributed by atoms with E-state index in [1.54, 1.807) is 4.68 Å². The zero-order valence-electron chi connectivity index (χ0n) is 12.6. The Morgan fingerprint density at radius 1 is 1.45 bits per heavy atom. The highest BCUT2D eigenvalue weighted by atomic mass is 16.4. The molecule has 0 bridgehead atoms. The zero-order chi connectivity index (χ0) is 15.9. The van der Waals surface area contributed by atoms with E-state index in [1.807, 2.05) is 37.2 Å². The van der Waals surface area contributed by atoms with Crippen LogP contribution in [0.15, 0.2) is 24.3 Å². The molecule has 7 heteroatoms. The van der Waals surface area contributed by atoms with Gasteiger partial charge in [-0.15, -0.1) is 5.10 Å². The molecule has 2 heterocycles. The number of carbonyl (C=O) groups is 1. The number of benzene rings is 1. The van der Waals surface area contributed by atoms with E-state index in [1.165, 1.54) is 0 Å². The molecule has 0 radical (unpaired) electrons. The average Bonchev–Trinajstić information content (AvgIpc) is 2.86. The first-order valence-electron chi connectivity index (χ1n) is 7.16. The fraction of sp³-hybridized carbons (Fsp3) is 0.400. The summed E-state index contributed by atoms with van der Waals surface area (Å²) in [5.41, 5.74) is 7.83. The number of aliphatic carboxylic acids is 1. The lowest BCUT2D eigenvalue weighted by molar-refractivity contribution is -0.139. The summed E-state index contributed by atoms with van der Waals surface area (Å²) < 4.78 is 1.63. The fourth-order valence-electron chi connectivity index (χ4n) is 2.95. The van der Waals surface area contributed by atoms with Gasteiger partial charge in [-0.3, -0.25) is 4.79 Å². The van der Waals surface area contributed by atoms with E-state index in [0.717, 1.165) is 11.3 Å². The quantitative estimate of drug-likeness (QED) is 0.886. The summed E-state index contributed by atoms with van der Waals surface area (Å²) in [5, 5.41) is 13.6. The molecule has 3 rings (SSSR count). The maximum atomic E-state index is 11.5. The number of nitrogens with zero attached hydrogens (tertiary/aromatic N) is 4. The minimum Gasteiger partial charge on any atom is -0.481 e. The van der Waals surface area contributed by atoms with Crippen molar-refractivity contribution < 1.29 is 9.90 Å². The molecule has 0 aliphatic carbocycles. The number of aromatic nitrogens is 3. The second-order valence-corrected chi connectivity index (χ2v) is 5.82. The van der Waals surface area contributed by atoms with Crippen molar-refractivity contribution in [2.24, 2.45) is 0 Å². The monoisotopic (exact) mass is 301 g/mol. The molecule has 2 aromatic rings. The van der Waals surface area contributed by atoms with Crippen molar-refractivity contribution in [2.45, 2.75) is 24.8 Å². The van der Waals surface area contributed by atoms with Gasteiger partial charge in [0.2, 0.25) is 5.95 Å². The number of nitrogen functional groups attached to an aromatic ring is 1. The number of anilines is 2. The van der Waals surface area contributed by atoms with Crippen LogP contribution in [-0.4, -0.2) is 39.9 Å². The Kier molecular flexibility index (Phi) is 3.48. The average molecular weight is 301 g/mol. The van der Waals surface area contributed by atoms with Gasteiger partial charge in [-0.25, -0.2) is 4.68 Å². The SMILES string of the molecule is CN(C)c1cccc(C2CC(C(=O)O)c3nc(N)nn3C2)c1. The number of fused-ring (bicyclic) bond motifs is 1. The molecule has 0 spiro atoms. The van der Waals surface area contributed by atoms with Gasteiger partial charge in [0.25, 0.3) is 0 Å². The van der Waals surface area contributed by atoms with E-state index in [4.69, 9.17) is 5.73 Å². The van der Waals surface area contributed by atoms with Crippen LogP contribution in [0.1, 0.15) is 29.6 Å². The molecular weight excluding hydrogens is 282 g/mol. The number of rotatable bonds is 3. The lowest BCUT2D eigenvalue weighted by Crippen LogP contribution is -2.28. The van der Waals surface area contributed by atoms with Crippen LogP contribution in [0.25, 0.3) is 0 Å². The normalized spacial score (nSPS) is 20.5. The van der Waals surface area contributed by atoms with E-state index in [9.17, 15) is 9.90 Å². The molecule has 2 unspecified atom stereocenters. The van der Waals surface area contributed by atoms with Gasteiger partial charge >= 0.3 is 5.97 Å². The first kappa shape index (κ1) is 14.4. The smallest absolute Gasteiger partial charge is 0.314 e. The summed E-state index contributed by atoms with van der Waals surface area (Å²) in [6.45, 7) is 0.597. The predicted octanol–water partition coefficient (Wildman–Crippen LogP) is 1.28. The molecule has 7 nitrogen and oxygen atoms in total. The van der Waals surface area contributed by atoms with Crippen LogP contribution < -0.4 is 10.6 Å². The Hall–Kier alpha value is -2.57. The molecule has 0 fully saturated rings. The molecule has 0 saturated heterocycles. The second-order valence-electron chi connectivity index (χ2n) is 5.82. The fourth-order valence-corrected chi connectivity index (χ4v) is 2.95. The number of nitrogens with two attached hydrogens (primary N) is 1. The maximum absolute atomic E-state index is 11.5. The molecule has 1 aromatic heterocycles. The number of carboxylic acid groups (broad SMARTS) is 1. The second kappa shape index (κ2) is 5.32. The van der Waals surface area contributed by atoms with Crippen LogP contribution in [0, 0.1) is 0 Å². The van der Waals surface area contributed by atoms with Crippen molar-refractivity contribution in [1.29, 1.82) is 0 Å². The molecule has 1 aliphatic heterocycles. The molecule has 0 saturated carbocycles. The minimum atomic E-state index is -0.887. The summed E-state index contributed by atoms with van der Waals surface area (Å²) >= 11 is 0. The van der Waals surface area contributed by atoms with Crippen LogP contribution in [0.5, 0.6) is 0 Å². The van der Waals surface area contributed by atoms with Crippen LogP contribution in [0.4, 0.5) is 11.6 Å². The highest BCUT2D eigenvalue weighted by molar-refractivity contribution is 5.75. The van der Waals surface area contributed by atoms with Crippen molar-refractivity contribution in [3.63, 3.8) is 0 Å². The van der Waals surface area contributed by atoms with Crippen LogP contribution >= 0.6 is 0 Å². The van der Waals surface area contributed by atoms with E-state index >= 15 is 0 Å². The Labute approximate surface area is 128 Å². The van der Waals surface area contributed by atoms with Gasteiger partial charge in [-0.05, 0) is 24.1 Å². The van der Waals surface area contributed by atoms with Crippen molar-refractivity contribution in [1.82, 2.24) is 14.8 Å². The first-order valence-corrected chi connectivity index (χ1v) is 7.16. The molecule has 0 amide bonds. The Morgan fingerprint density at radius 3 is 2.91 bits per heavy atom. The van der Waals surface area contributed by atoms with Crippen molar-refractivity contribution >= 4 is 17.6 Å². The van der Waals surface area contributed by atoms with Crippen LogP contribution in [0.2, 0.25) is 0 Å². The summed E-state index contributed by atoms with van der Waals surface area (Å²) in [5.74, 6) is -0.905. The molecule has 1 aliphatic rings. The van der Waals surface area contributed by atoms with Crippen LogP contribution in [-0.2, 0) is 11.3 Å². The highest BCUT2D eigenvalue weighted by Crippen LogP contribution is 2.36. The Morgan fingerprint density at radius 2 is 2.23 bits per heavy atom. The third-order valence-corrected chi connectivity index (χ3v) is 4.10. The molecular formula is C15H19N5O2. The van der Waals surface area contributed by atoms with Gasteiger partial charge < -0.3 is 15.7 Å². The van der Waals surface area contributed by atoms with Gasteiger partial charge in [-0.2, -0.15) is 4.98 Å².